The molecule has 0 bridgehead atoms. The van der Waals surface area contributed by atoms with Crippen LogP contribution in [0.5, 0.6) is 0 Å². The molecule has 0 aliphatic carbocycles. The third-order valence-corrected chi connectivity index (χ3v) is 3.02. The Morgan fingerprint density at radius 2 is 2.40 bits per heavy atom. The quantitative estimate of drug-likeness (QED) is 0.678. The molecular weight excluding hydrogens is 254 g/mol. The Morgan fingerprint density at radius 3 is 3.20 bits per heavy atom. The average Bonchev–Trinajstić information content (AvgIpc) is 3.10. The van der Waals surface area contributed by atoms with E-state index in [0.717, 1.165) is 50.7 Å². The lowest BCUT2D eigenvalue weighted by Gasteiger charge is -2.07. The molecule has 2 heterocycles. The zero-order valence-corrected chi connectivity index (χ0v) is 12.0. The van der Waals surface area contributed by atoms with Crippen molar-refractivity contribution in [2.24, 2.45) is 0 Å². The third kappa shape index (κ3) is 4.83. The first-order chi connectivity index (χ1) is 9.90. The third-order valence-electron chi connectivity index (χ3n) is 3.02. The number of nitrogens with zero attached hydrogens (tertiary/aromatic N) is 2. The molecule has 0 spiro atoms. The second-order valence-electron chi connectivity index (χ2n) is 4.70. The van der Waals surface area contributed by atoms with Crippen LogP contribution in [0.25, 0.3) is 0 Å². The van der Waals surface area contributed by atoms with Crippen LogP contribution in [-0.4, -0.2) is 22.7 Å². The molecule has 0 radical (unpaired) electrons. The van der Waals surface area contributed by atoms with Gasteiger partial charge in [0, 0.05) is 25.5 Å². The molecule has 0 fully saturated rings. The van der Waals surface area contributed by atoms with Crippen molar-refractivity contribution in [3.63, 3.8) is 0 Å². The van der Waals surface area contributed by atoms with Crippen LogP contribution in [-0.2, 0) is 24.4 Å². The number of aryl methyl sites for hydroxylation is 1. The topological polar surface area (TPSA) is 52.2 Å². The molecule has 2 aromatic heterocycles. The summed E-state index contributed by atoms with van der Waals surface area (Å²) >= 11 is 0. The fourth-order valence-corrected chi connectivity index (χ4v) is 2.02. The lowest BCUT2D eigenvalue weighted by Crippen LogP contribution is -2.19. The van der Waals surface area contributed by atoms with E-state index < -0.39 is 0 Å². The fraction of sp³-hybridized carbons (Fsp3) is 0.533. The van der Waals surface area contributed by atoms with Crippen molar-refractivity contribution < 1.29 is 9.15 Å². The molecular formula is C15H23N3O2. The number of ether oxygens (including phenoxy) is 1. The Bertz CT molecular complexity index is 465. The minimum Gasteiger partial charge on any atom is -0.467 e. The van der Waals surface area contributed by atoms with E-state index >= 15 is 0 Å². The maximum Gasteiger partial charge on any atom is 0.129 e. The molecule has 0 amide bonds. The van der Waals surface area contributed by atoms with E-state index in [1.165, 1.54) is 0 Å². The average molecular weight is 277 g/mol. The Balaban J connectivity index is 1.52. The SMILES string of the molecule is CCCn1ccnc1CNCCCOCc1ccco1. The highest BCUT2D eigenvalue weighted by Gasteiger charge is 2.01. The van der Waals surface area contributed by atoms with E-state index in [1.54, 1.807) is 6.26 Å². The lowest BCUT2D eigenvalue weighted by molar-refractivity contribution is 0.104. The van der Waals surface area contributed by atoms with Crippen molar-refractivity contribution in [3.8, 4) is 0 Å². The van der Waals surface area contributed by atoms with Gasteiger partial charge in [0.1, 0.15) is 18.2 Å². The summed E-state index contributed by atoms with van der Waals surface area (Å²) in [5.74, 6) is 1.97. The summed E-state index contributed by atoms with van der Waals surface area (Å²) in [5, 5.41) is 3.39. The highest BCUT2D eigenvalue weighted by atomic mass is 16.5. The number of hydrogen-bond donors (Lipinski definition) is 1. The normalized spacial score (nSPS) is 11.1. The summed E-state index contributed by atoms with van der Waals surface area (Å²) in [6.07, 6.45) is 7.67. The monoisotopic (exact) mass is 277 g/mol. The summed E-state index contributed by atoms with van der Waals surface area (Å²) in [5.41, 5.74) is 0. The van der Waals surface area contributed by atoms with E-state index in [4.69, 9.17) is 9.15 Å². The van der Waals surface area contributed by atoms with Crippen LogP contribution in [0.4, 0.5) is 0 Å². The first-order valence-electron chi connectivity index (χ1n) is 7.21. The maximum absolute atomic E-state index is 5.52. The smallest absolute Gasteiger partial charge is 0.129 e. The minimum absolute atomic E-state index is 0.550. The van der Waals surface area contributed by atoms with Gasteiger partial charge in [0.15, 0.2) is 0 Å². The van der Waals surface area contributed by atoms with Gasteiger partial charge in [-0.25, -0.2) is 4.98 Å². The van der Waals surface area contributed by atoms with Gasteiger partial charge in [-0.15, -0.1) is 0 Å². The van der Waals surface area contributed by atoms with Gasteiger partial charge in [-0.2, -0.15) is 0 Å². The van der Waals surface area contributed by atoms with Gasteiger partial charge < -0.3 is 19.0 Å². The van der Waals surface area contributed by atoms with Crippen molar-refractivity contribution in [1.29, 1.82) is 0 Å². The van der Waals surface area contributed by atoms with Gasteiger partial charge in [0.05, 0.1) is 12.8 Å². The number of rotatable bonds is 10. The van der Waals surface area contributed by atoms with Crippen LogP contribution in [0.2, 0.25) is 0 Å². The van der Waals surface area contributed by atoms with Crippen LogP contribution in [0, 0.1) is 0 Å². The van der Waals surface area contributed by atoms with Gasteiger partial charge in [-0.05, 0) is 31.5 Å². The van der Waals surface area contributed by atoms with Gasteiger partial charge in [-0.3, -0.25) is 0 Å². The van der Waals surface area contributed by atoms with Crippen molar-refractivity contribution in [2.45, 2.75) is 39.5 Å². The summed E-state index contributed by atoms with van der Waals surface area (Å²) in [7, 11) is 0. The van der Waals surface area contributed by atoms with Crippen LogP contribution in [0.1, 0.15) is 31.4 Å². The van der Waals surface area contributed by atoms with Crippen LogP contribution < -0.4 is 5.32 Å². The standard InChI is InChI=1S/C15H23N3O2/c1-2-8-18-9-7-17-15(18)12-16-6-4-10-19-13-14-5-3-11-20-14/h3,5,7,9,11,16H,2,4,6,8,10,12-13H2,1H3. The first-order valence-corrected chi connectivity index (χ1v) is 7.21. The molecule has 1 N–H and O–H groups in total. The molecule has 2 rings (SSSR count). The number of furan rings is 1. The number of hydrogen-bond acceptors (Lipinski definition) is 4. The number of imidazole rings is 1. The van der Waals surface area contributed by atoms with Crippen molar-refractivity contribution in [3.05, 3.63) is 42.4 Å². The maximum atomic E-state index is 5.52. The number of nitrogens with one attached hydrogen (secondary N) is 1. The van der Waals surface area contributed by atoms with Gasteiger partial charge in [0.2, 0.25) is 0 Å². The van der Waals surface area contributed by atoms with Gasteiger partial charge in [0.25, 0.3) is 0 Å². The molecule has 2 aromatic rings. The molecule has 0 aromatic carbocycles. The van der Waals surface area contributed by atoms with Crippen LogP contribution in [0.15, 0.2) is 35.2 Å². The molecule has 0 atom stereocenters. The van der Waals surface area contributed by atoms with E-state index in [-0.39, 0.29) is 0 Å². The summed E-state index contributed by atoms with van der Waals surface area (Å²) in [4.78, 5) is 4.36. The van der Waals surface area contributed by atoms with Crippen LogP contribution >= 0.6 is 0 Å². The Morgan fingerprint density at radius 1 is 1.45 bits per heavy atom. The predicted molar refractivity (Wildman–Crippen MR) is 77.2 cm³/mol. The molecule has 5 heteroatoms. The Labute approximate surface area is 120 Å². The first kappa shape index (κ1) is 14.8. The van der Waals surface area contributed by atoms with E-state index in [2.05, 4.69) is 21.8 Å². The van der Waals surface area contributed by atoms with Gasteiger partial charge in [-0.1, -0.05) is 6.92 Å². The highest BCUT2D eigenvalue weighted by Crippen LogP contribution is 2.02. The molecule has 20 heavy (non-hydrogen) atoms. The largest absolute Gasteiger partial charge is 0.467 e. The summed E-state index contributed by atoms with van der Waals surface area (Å²) in [6.45, 7) is 6.23. The minimum atomic E-state index is 0.550. The lowest BCUT2D eigenvalue weighted by atomic mass is 10.4. The summed E-state index contributed by atoms with van der Waals surface area (Å²) in [6, 6.07) is 3.80. The molecule has 0 unspecified atom stereocenters. The van der Waals surface area contributed by atoms with Crippen molar-refractivity contribution >= 4 is 0 Å². The molecule has 110 valence electrons. The van der Waals surface area contributed by atoms with E-state index in [9.17, 15) is 0 Å². The molecule has 0 saturated heterocycles. The van der Waals surface area contributed by atoms with Crippen molar-refractivity contribution in [1.82, 2.24) is 14.9 Å². The molecule has 0 saturated carbocycles. The Kier molecular flexibility index (Phi) is 6.34. The van der Waals surface area contributed by atoms with Gasteiger partial charge >= 0.3 is 0 Å². The van der Waals surface area contributed by atoms with Crippen molar-refractivity contribution in [2.75, 3.05) is 13.2 Å². The molecule has 5 nitrogen and oxygen atoms in total. The fourth-order valence-electron chi connectivity index (χ4n) is 2.02. The second-order valence-corrected chi connectivity index (χ2v) is 4.70. The highest BCUT2D eigenvalue weighted by molar-refractivity contribution is 4.96. The number of aromatic nitrogens is 2. The molecule has 0 aliphatic rings. The zero-order valence-electron chi connectivity index (χ0n) is 12.0. The van der Waals surface area contributed by atoms with E-state index in [1.807, 2.05) is 24.5 Å². The summed E-state index contributed by atoms with van der Waals surface area (Å²) < 4.78 is 12.9. The molecule has 0 aliphatic heterocycles. The van der Waals surface area contributed by atoms with E-state index in [0.29, 0.717) is 6.61 Å². The zero-order chi connectivity index (χ0) is 14.0. The second kappa shape index (κ2) is 8.55. The predicted octanol–water partition coefficient (Wildman–Crippen LogP) is 2.58. The Hall–Kier alpha value is -1.59. The van der Waals surface area contributed by atoms with Crippen LogP contribution in [0.3, 0.4) is 0 Å².